The van der Waals surface area contributed by atoms with Crippen LogP contribution in [-0.4, -0.2) is 13.6 Å². The van der Waals surface area contributed by atoms with E-state index < -0.39 is 0 Å². The van der Waals surface area contributed by atoms with Crippen LogP contribution in [0.4, 0.5) is 0 Å². The highest BCUT2D eigenvalue weighted by Gasteiger charge is 2.52. The number of hydrogen-bond acceptors (Lipinski definition) is 1. The lowest BCUT2D eigenvalue weighted by atomic mass is 9.80. The molecule has 0 aromatic carbocycles. The average Bonchev–Trinajstić information content (AvgIpc) is 2.61. The van der Waals surface area contributed by atoms with E-state index >= 15 is 0 Å². The molecule has 2 fully saturated rings. The van der Waals surface area contributed by atoms with Crippen molar-refractivity contribution < 1.29 is 0 Å². The second kappa shape index (κ2) is 2.48. The van der Waals surface area contributed by atoms with Crippen LogP contribution in [0.1, 0.15) is 32.6 Å². The van der Waals surface area contributed by atoms with Gasteiger partial charge in [-0.3, -0.25) is 0 Å². The molecule has 0 aliphatic heterocycles. The molecule has 0 radical (unpaired) electrons. The van der Waals surface area contributed by atoms with Crippen molar-refractivity contribution in [1.82, 2.24) is 5.32 Å². The van der Waals surface area contributed by atoms with Gasteiger partial charge in [-0.15, -0.1) is 0 Å². The first-order chi connectivity index (χ1) is 5.29. The first-order valence-electron chi connectivity index (χ1n) is 4.94. The van der Waals surface area contributed by atoms with Gasteiger partial charge in [0.2, 0.25) is 0 Å². The molecule has 0 saturated heterocycles. The fraction of sp³-hybridized carbons (Fsp3) is 1.00. The van der Waals surface area contributed by atoms with Crippen LogP contribution < -0.4 is 5.32 Å². The summed E-state index contributed by atoms with van der Waals surface area (Å²) in [7, 11) is 2.08. The van der Waals surface area contributed by atoms with Gasteiger partial charge in [-0.25, -0.2) is 0 Å². The molecule has 1 heteroatoms. The molecule has 1 nitrogen and oxygen atoms in total. The van der Waals surface area contributed by atoms with Gasteiger partial charge in [0, 0.05) is 6.54 Å². The molecule has 0 heterocycles. The first kappa shape index (κ1) is 7.60. The van der Waals surface area contributed by atoms with Crippen molar-refractivity contribution in [2.45, 2.75) is 32.6 Å². The van der Waals surface area contributed by atoms with Crippen molar-refractivity contribution >= 4 is 0 Å². The largest absolute Gasteiger partial charge is 0.319 e. The molecule has 11 heavy (non-hydrogen) atoms. The van der Waals surface area contributed by atoms with Gasteiger partial charge in [0.1, 0.15) is 0 Å². The van der Waals surface area contributed by atoms with E-state index in [1.807, 2.05) is 0 Å². The summed E-state index contributed by atoms with van der Waals surface area (Å²) in [6.45, 7) is 3.60. The summed E-state index contributed by atoms with van der Waals surface area (Å²) in [5.74, 6) is 2.26. The minimum Gasteiger partial charge on any atom is -0.319 e. The molecule has 0 aromatic heterocycles. The number of rotatable bonds is 3. The third-order valence-corrected chi connectivity index (χ3v) is 3.76. The molecule has 0 amide bonds. The molecule has 0 spiro atoms. The third-order valence-electron chi connectivity index (χ3n) is 3.76. The van der Waals surface area contributed by atoms with Gasteiger partial charge >= 0.3 is 0 Å². The van der Waals surface area contributed by atoms with Gasteiger partial charge in [0.25, 0.3) is 0 Å². The zero-order valence-corrected chi connectivity index (χ0v) is 7.69. The van der Waals surface area contributed by atoms with Crippen molar-refractivity contribution in [3.05, 3.63) is 0 Å². The highest BCUT2D eigenvalue weighted by molar-refractivity contribution is 5.03. The van der Waals surface area contributed by atoms with E-state index in [1.54, 1.807) is 6.42 Å². The van der Waals surface area contributed by atoms with E-state index in [-0.39, 0.29) is 0 Å². The van der Waals surface area contributed by atoms with Gasteiger partial charge < -0.3 is 5.32 Å². The lowest BCUT2D eigenvalue weighted by molar-refractivity contribution is 0.247. The second-order valence-corrected chi connectivity index (χ2v) is 4.55. The summed E-state index contributed by atoms with van der Waals surface area (Å²) in [5, 5.41) is 3.34. The zero-order chi connectivity index (χ0) is 7.90. The molecular weight excluding hydrogens is 134 g/mol. The summed E-state index contributed by atoms with van der Waals surface area (Å²) < 4.78 is 0. The number of nitrogens with one attached hydrogen (secondary N) is 1. The Labute approximate surface area is 69.6 Å². The second-order valence-electron chi connectivity index (χ2n) is 4.55. The Hall–Kier alpha value is -0.0400. The van der Waals surface area contributed by atoms with E-state index in [9.17, 15) is 0 Å². The Balaban J connectivity index is 1.96. The molecule has 2 unspecified atom stereocenters. The van der Waals surface area contributed by atoms with Crippen molar-refractivity contribution in [3.8, 4) is 0 Å². The van der Waals surface area contributed by atoms with E-state index in [2.05, 4.69) is 19.3 Å². The van der Waals surface area contributed by atoms with Crippen molar-refractivity contribution in [1.29, 1.82) is 0 Å². The maximum atomic E-state index is 3.34. The molecule has 2 rings (SSSR count). The quantitative estimate of drug-likeness (QED) is 0.654. The summed E-state index contributed by atoms with van der Waals surface area (Å²) in [6.07, 6.45) is 5.94. The van der Waals surface area contributed by atoms with E-state index in [0.717, 1.165) is 11.8 Å². The van der Waals surface area contributed by atoms with Crippen LogP contribution in [0.3, 0.4) is 0 Å². The molecule has 64 valence electrons. The molecule has 1 N–H and O–H groups in total. The van der Waals surface area contributed by atoms with Gasteiger partial charge in [-0.2, -0.15) is 0 Å². The van der Waals surface area contributed by atoms with Crippen LogP contribution >= 0.6 is 0 Å². The zero-order valence-electron chi connectivity index (χ0n) is 7.69. The first-order valence-corrected chi connectivity index (χ1v) is 4.94. The smallest absolute Gasteiger partial charge is 0.000491 e. The SMILES string of the molecule is CCC1(CNC)CC2CC2C1. The number of hydrogen-bond donors (Lipinski definition) is 1. The van der Waals surface area contributed by atoms with Gasteiger partial charge in [0.15, 0.2) is 0 Å². The van der Waals surface area contributed by atoms with Gasteiger partial charge in [-0.1, -0.05) is 6.92 Å². The monoisotopic (exact) mass is 153 g/mol. The Morgan fingerprint density at radius 2 is 2.00 bits per heavy atom. The predicted molar refractivity (Wildman–Crippen MR) is 47.5 cm³/mol. The Bertz CT molecular complexity index is 143. The molecule has 2 saturated carbocycles. The summed E-state index contributed by atoms with van der Waals surface area (Å²) in [5.41, 5.74) is 0.697. The highest BCUT2D eigenvalue weighted by Crippen LogP contribution is 2.60. The van der Waals surface area contributed by atoms with Crippen LogP contribution in [0, 0.1) is 17.3 Å². The summed E-state index contributed by atoms with van der Waals surface area (Å²) in [4.78, 5) is 0. The fourth-order valence-electron chi connectivity index (χ4n) is 2.94. The lowest BCUT2D eigenvalue weighted by Gasteiger charge is -2.29. The minimum absolute atomic E-state index is 0.697. The molecular formula is C10H19N. The number of fused-ring (bicyclic) bond motifs is 1. The normalized spacial score (nSPS) is 47.5. The van der Waals surface area contributed by atoms with Crippen molar-refractivity contribution in [3.63, 3.8) is 0 Å². The van der Waals surface area contributed by atoms with Crippen LogP contribution in [-0.2, 0) is 0 Å². The Morgan fingerprint density at radius 3 is 2.45 bits per heavy atom. The third kappa shape index (κ3) is 1.20. The standard InChI is InChI=1S/C10H19N/c1-3-10(7-11-2)5-8-4-9(8)6-10/h8-9,11H,3-7H2,1-2H3. The van der Waals surface area contributed by atoms with E-state index in [0.29, 0.717) is 5.41 Å². The molecule has 0 aromatic rings. The van der Waals surface area contributed by atoms with Crippen LogP contribution in [0.25, 0.3) is 0 Å². The van der Waals surface area contributed by atoms with E-state index in [4.69, 9.17) is 0 Å². The maximum Gasteiger partial charge on any atom is 0.000491 e. The van der Waals surface area contributed by atoms with Crippen LogP contribution in [0.2, 0.25) is 0 Å². The van der Waals surface area contributed by atoms with Gasteiger partial charge in [0.05, 0.1) is 0 Å². The predicted octanol–water partition coefficient (Wildman–Crippen LogP) is 2.03. The lowest BCUT2D eigenvalue weighted by Crippen LogP contribution is -2.30. The Kier molecular flexibility index (Phi) is 1.71. The molecule has 2 atom stereocenters. The van der Waals surface area contributed by atoms with Crippen molar-refractivity contribution in [2.75, 3.05) is 13.6 Å². The fourth-order valence-corrected chi connectivity index (χ4v) is 2.94. The Morgan fingerprint density at radius 1 is 1.36 bits per heavy atom. The van der Waals surface area contributed by atoms with Crippen molar-refractivity contribution in [2.24, 2.45) is 17.3 Å². The molecule has 2 aliphatic carbocycles. The maximum absolute atomic E-state index is 3.34. The molecule has 2 aliphatic rings. The summed E-state index contributed by atoms with van der Waals surface area (Å²) in [6, 6.07) is 0. The highest BCUT2D eigenvalue weighted by atomic mass is 14.8. The summed E-state index contributed by atoms with van der Waals surface area (Å²) >= 11 is 0. The van der Waals surface area contributed by atoms with Crippen LogP contribution in [0.15, 0.2) is 0 Å². The van der Waals surface area contributed by atoms with Gasteiger partial charge in [-0.05, 0) is 50.0 Å². The minimum atomic E-state index is 0.697. The average molecular weight is 153 g/mol. The topological polar surface area (TPSA) is 12.0 Å². The molecule has 0 bridgehead atoms. The van der Waals surface area contributed by atoms with Crippen LogP contribution in [0.5, 0.6) is 0 Å². The van der Waals surface area contributed by atoms with E-state index in [1.165, 1.54) is 25.8 Å².